The Morgan fingerprint density at radius 3 is 2.48 bits per heavy atom. The maximum Gasteiger partial charge on any atom is 0.224 e. The van der Waals surface area contributed by atoms with E-state index in [1.807, 2.05) is 24.3 Å². The standard InChI is InChI=1S/C24H29ClO8/c1-30-24(23(29)22(28)21(27)20(12-26)33-24)16-4-7-19(25)15(11-16)10-14-2-5-17(6-3-14)32-18-8-9-31-13-18/h2-7,11,18,20-23,26-29H,8-10,12-13H2,1H3. The SMILES string of the molecule is COC1(c2ccc(Cl)c(Cc3ccc(OC4CCOC4)cc3)c2)OC(CO)C(O)C(O)C1O. The Morgan fingerprint density at radius 2 is 1.85 bits per heavy atom. The van der Waals surface area contributed by atoms with E-state index in [4.69, 9.17) is 30.5 Å². The fraction of sp³-hybridized carbons (Fsp3) is 0.500. The van der Waals surface area contributed by atoms with Crippen molar-refractivity contribution in [3.63, 3.8) is 0 Å². The molecule has 4 N–H and O–H groups in total. The number of ether oxygens (including phenoxy) is 4. The van der Waals surface area contributed by atoms with E-state index in [0.29, 0.717) is 30.2 Å². The number of rotatable bonds is 7. The summed E-state index contributed by atoms with van der Waals surface area (Å²) in [6.45, 7) is 0.758. The van der Waals surface area contributed by atoms with Gasteiger partial charge in [0.15, 0.2) is 0 Å². The van der Waals surface area contributed by atoms with Gasteiger partial charge in [0.25, 0.3) is 0 Å². The highest BCUT2D eigenvalue weighted by molar-refractivity contribution is 6.31. The highest BCUT2D eigenvalue weighted by Crippen LogP contribution is 2.40. The highest BCUT2D eigenvalue weighted by Gasteiger charge is 2.55. The molecule has 2 aromatic rings. The van der Waals surface area contributed by atoms with E-state index in [2.05, 4.69) is 0 Å². The zero-order valence-corrected chi connectivity index (χ0v) is 19.0. The quantitative estimate of drug-likeness (QED) is 0.469. The molecule has 4 rings (SSSR count). The van der Waals surface area contributed by atoms with Gasteiger partial charge < -0.3 is 39.4 Å². The Morgan fingerprint density at radius 1 is 1.09 bits per heavy atom. The second-order valence-electron chi connectivity index (χ2n) is 8.37. The summed E-state index contributed by atoms with van der Waals surface area (Å²) in [5.41, 5.74) is 2.15. The molecule has 2 aromatic carbocycles. The summed E-state index contributed by atoms with van der Waals surface area (Å²) < 4.78 is 22.5. The molecular weight excluding hydrogens is 452 g/mol. The normalized spacial score (nSPS) is 32.1. The van der Waals surface area contributed by atoms with E-state index in [0.717, 1.165) is 23.3 Å². The zero-order valence-electron chi connectivity index (χ0n) is 18.3. The Kier molecular flexibility index (Phi) is 7.57. The third kappa shape index (κ3) is 4.89. The van der Waals surface area contributed by atoms with Crippen molar-refractivity contribution in [1.29, 1.82) is 0 Å². The Balaban J connectivity index is 1.57. The molecule has 0 radical (unpaired) electrons. The minimum Gasteiger partial charge on any atom is -0.488 e. The van der Waals surface area contributed by atoms with Crippen LogP contribution in [0.5, 0.6) is 5.75 Å². The average Bonchev–Trinajstić information content (AvgIpc) is 3.34. The largest absolute Gasteiger partial charge is 0.488 e. The summed E-state index contributed by atoms with van der Waals surface area (Å²) in [7, 11) is 1.32. The van der Waals surface area contributed by atoms with Crippen molar-refractivity contribution in [2.75, 3.05) is 26.9 Å². The van der Waals surface area contributed by atoms with Crippen LogP contribution in [-0.4, -0.2) is 77.9 Å². The first-order valence-corrected chi connectivity index (χ1v) is 11.3. The van der Waals surface area contributed by atoms with Crippen molar-refractivity contribution in [2.24, 2.45) is 0 Å². The molecule has 180 valence electrons. The molecule has 2 aliphatic heterocycles. The molecule has 0 amide bonds. The van der Waals surface area contributed by atoms with Gasteiger partial charge in [0.1, 0.15) is 36.3 Å². The molecule has 2 saturated heterocycles. The summed E-state index contributed by atoms with van der Waals surface area (Å²) in [4.78, 5) is 0. The predicted octanol–water partition coefficient (Wildman–Crippen LogP) is 1.37. The fourth-order valence-electron chi connectivity index (χ4n) is 4.30. The summed E-state index contributed by atoms with van der Waals surface area (Å²) in [5, 5.41) is 41.3. The predicted molar refractivity (Wildman–Crippen MR) is 119 cm³/mol. The van der Waals surface area contributed by atoms with E-state index in [1.165, 1.54) is 7.11 Å². The first kappa shape index (κ1) is 24.4. The monoisotopic (exact) mass is 480 g/mol. The van der Waals surface area contributed by atoms with Crippen molar-refractivity contribution in [1.82, 2.24) is 0 Å². The first-order chi connectivity index (χ1) is 15.9. The molecule has 2 fully saturated rings. The van der Waals surface area contributed by atoms with Crippen LogP contribution >= 0.6 is 11.6 Å². The van der Waals surface area contributed by atoms with Crippen LogP contribution in [0.4, 0.5) is 0 Å². The lowest BCUT2D eigenvalue weighted by Gasteiger charge is -2.47. The highest BCUT2D eigenvalue weighted by atomic mass is 35.5. The molecule has 9 heteroatoms. The molecule has 2 heterocycles. The maximum absolute atomic E-state index is 10.7. The molecule has 0 saturated carbocycles. The summed E-state index contributed by atoms with van der Waals surface area (Å²) >= 11 is 6.45. The second-order valence-corrected chi connectivity index (χ2v) is 8.77. The molecule has 33 heavy (non-hydrogen) atoms. The van der Waals surface area contributed by atoms with Crippen LogP contribution < -0.4 is 4.74 Å². The second kappa shape index (κ2) is 10.2. The third-order valence-electron chi connectivity index (χ3n) is 6.21. The van der Waals surface area contributed by atoms with Gasteiger partial charge in [-0.25, -0.2) is 0 Å². The van der Waals surface area contributed by atoms with Crippen molar-refractivity contribution < 1.29 is 39.4 Å². The first-order valence-electron chi connectivity index (χ1n) is 10.9. The Labute approximate surface area is 197 Å². The van der Waals surface area contributed by atoms with Crippen LogP contribution in [0.15, 0.2) is 42.5 Å². The molecule has 6 unspecified atom stereocenters. The van der Waals surface area contributed by atoms with Crippen molar-refractivity contribution in [3.05, 3.63) is 64.2 Å². The Hall–Kier alpha value is -1.75. The van der Waals surface area contributed by atoms with Crippen LogP contribution in [0, 0.1) is 0 Å². The zero-order chi connectivity index (χ0) is 23.6. The van der Waals surface area contributed by atoms with Crippen LogP contribution in [0.3, 0.4) is 0 Å². The molecule has 0 spiro atoms. The van der Waals surface area contributed by atoms with E-state index in [1.54, 1.807) is 18.2 Å². The number of aliphatic hydroxyl groups excluding tert-OH is 4. The van der Waals surface area contributed by atoms with E-state index >= 15 is 0 Å². The molecule has 0 aromatic heterocycles. The lowest BCUT2D eigenvalue weighted by atomic mass is 9.87. The third-order valence-corrected chi connectivity index (χ3v) is 6.58. The van der Waals surface area contributed by atoms with Gasteiger partial charge in [-0.2, -0.15) is 0 Å². The smallest absolute Gasteiger partial charge is 0.224 e. The number of aliphatic hydroxyl groups is 4. The minimum absolute atomic E-state index is 0.0748. The molecule has 6 atom stereocenters. The van der Waals surface area contributed by atoms with Gasteiger partial charge in [0.2, 0.25) is 5.79 Å². The van der Waals surface area contributed by atoms with Gasteiger partial charge in [-0.05, 0) is 41.8 Å². The van der Waals surface area contributed by atoms with Gasteiger partial charge in [-0.15, -0.1) is 0 Å². The van der Waals surface area contributed by atoms with Gasteiger partial charge in [0.05, 0.1) is 19.8 Å². The molecular formula is C24H29ClO8. The number of hydrogen-bond donors (Lipinski definition) is 4. The lowest BCUT2D eigenvalue weighted by Crippen LogP contribution is -2.64. The summed E-state index contributed by atoms with van der Waals surface area (Å²) in [5.74, 6) is -1.01. The minimum atomic E-state index is -1.79. The fourth-order valence-corrected chi connectivity index (χ4v) is 4.48. The van der Waals surface area contributed by atoms with Crippen molar-refractivity contribution in [3.8, 4) is 5.75 Å². The number of methoxy groups -OCH3 is 1. The van der Waals surface area contributed by atoms with Crippen molar-refractivity contribution >= 4 is 11.6 Å². The molecule has 0 bridgehead atoms. The topological polar surface area (TPSA) is 118 Å². The molecule has 0 aliphatic carbocycles. The van der Waals surface area contributed by atoms with Crippen LogP contribution in [-0.2, 0) is 26.4 Å². The van der Waals surface area contributed by atoms with Crippen molar-refractivity contribution in [2.45, 2.75) is 49.1 Å². The van der Waals surface area contributed by atoms with Crippen LogP contribution in [0.2, 0.25) is 5.02 Å². The molecule has 8 nitrogen and oxygen atoms in total. The number of halogens is 1. The summed E-state index contributed by atoms with van der Waals surface area (Å²) in [6.07, 6.45) is -4.33. The van der Waals surface area contributed by atoms with Gasteiger partial charge in [0, 0.05) is 24.1 Å². The van der Waals surface area contributed by atoms with Gasteiger partial charge in [-0.1, -0.05) is 29.8 Å². The van der Waals surface area contributed by atoms with Gasteiger partial charge >= 0.3 is 0 Å². The molecule has 2 aliphatic rings. The van der Waals surface area contributed by atoms with E-state index in [-0.39, 0.29) is 6.10 Å². The van der Waals surface area contributed by atoms with Crippen LogP contribution in [0.25, 0.3) is 0 Å². The summed E-state index contributed by atoms with van der Waals surface area (Å²) in [6, 6.07) is 12.7. The maximum atomic E-state index is 10.7. The number of benzene rings is 2. The average molecular weight is 481 g/mol. The van der Waals surface area contributed by atoms with E-state index in [9.17, 15) is 20.4 Å². The Bertz CT molecular complexity index is 931. The van der Waals surface area contributed by atoms with Gasteiger partial charge in [-0.3, -0.25) is 0 Å². The van der Waals surface area contributed by atoms with E-state index < -0.39 is 36.8 Å². The lowest BCUT2D eigenvalue weighted by molar-refractivity contribution is -0.366. The number of hydrogen-bond acceptors (Lipinski definition) is 8. The van der Waals surface area contributed by atoms with Crippen LogP contribution in [0.1, 0.15) is 23.1 Å².